The maximum absolute atomic E-state index is 13.0. The average molecular weight is 461 g/mol. The van der Waals surface area contributed by atoms with Crippen molar-refractivity contribution in [2.75, 3.05) is 26.2 Å². The van der Waals surface area contributed by atoms with Crippen molar-refractivity contribution in [1.82, 2.24) is 19.7 Å². The molecule has 3 heterocycles. The van der Waals surface area contributed by atoms with E-state index < -0.39 is 10.0 Å². The summed E-state index contributed by atoms with van der Waals surface area (Å²) < 4.78 is 32.4. The van der Waals surface area contributed by atoms with Crippen LogP contribution >= 0.6 is 0 Å². The molecule has 2 atom stereocenters. The number of sulfonamides is 1. The number of amides is 1. The predicted octanol–water partition coefficient (Wildman–Crippen LogP) is 2.64. The minimum Gasteiger partial charge on any atom is -0.360 e. The van der Waals surface area contributed by atoms with Crippen LogP contribution in [0.2, 0.25) is 0 Å². The van der Waals surface area contributed by atoms with Crippen molar-refractivity contribution in [2.24, 2.45) is 5.92 Å². The number of aromatic nitrogens is 1. The lowest BCUT2D eigenvalue weighted by Gasteiger charge is -2.31. The zero-order valence-electron chi connectivity index (χ0n) is 19.0. The Labute approximate surface area is 190 Å². The maximum atomic E-state index is 13.0. The first kappa shape index (κ1) is 22.9. The molecule has 2 aliphatic rings. The Bertz CT molecular complexity index is 1030. The van der Waals surface area contributed by atoms with Crippen LogP contribution in [0.5, 0.6) is 0 Å². The van der Waals surface area contributed by atoms with Crippen LogP contribution < -0.4 is 5.32 Å². The third-order valence-electron chi connectivity index (χ3n) is 6.79. The maximum Gasteiger partial charge on any atom is 0.248 e. The summed E-state index contributed by atoms with van der Waals surface area (Å²) in [6.07, 6.45) is 1.97. The van der Waals surface area contributed by atoms with Crippen molar-refractivity contribution in [3.8, 4) is 0 Å². The van der Waals surface area contributed by atoms with E-state index in [1.165, 1.54) is 9.87 Å². The smallest absolute Gasteiger partial charge is 0.248 e. The number of nitrogens with one attached hydrogen (secondary N) is 1. The van der Waals surface area contributed by atoms with Crippen molar-refractivity contribution in [3.05, 3.63) is 47.3 Å². The number of hydrogen-bond donors (Lipinski definition) is 1. The number of hydrogen-bond acceptors (Lipinski definition) is 6. The Balaban J connectivity index is 1.29. The number of carbonyl (C=O) groups excluding carboxylic acids is 1. The summed E-state index contributed by atoms with van der Waals surface area (Å²) in [5.74, 6) is 0.184. The minimum atomic E-state index is -3.66. The van der Waals surface area contributed by atoms with E-state index in [2.05, 4.69) is 46.6 Å². The molecule has 0 aliphatic carbocycles. The highest BCUT2D eigenvalue weighted by molar-refractivity contribution is 7.89. The molecule has 0 unspecified atom stereocenters. The minimum absolute atomic E-state index is 0.0404. The highest BCUT2D eigenvalue weighted by atomic mass is 32.2. The van der Waals surface area contributed by atoms with Gasteiger partial charge in [0.2, 0.25) is 15.9 Å². The van der Waals surface area contributed by atoms with Gasteiger partial charge in [-0.25, -0.2) is 8.42 Å². The summed E-state index contributed by atoms with van der Waals surface area (Å²) in [6.45, 7) is 7.88. The Hall–Kier alpha value is -2.23. The van der Waals surface area contributed by atoms with Crippen molar-refractivity contribution in [2.45, 2.75) is 57.0 Å². The largest absolute Gasteiger partial charge is 0.360 e. The fourth-order valence-corrected chi connectivity index (χ4v) is 6.61. The average Bonchev–Trinajstić information content (AvgIpc) is 3.40. The molecule has 0 spiro atoms. The van der Waals surface area contributed by atoms with E-state index in [1.54, 1.807) is 13.8 Å². The lowest BCUT2D eigenvalue weighted by Crippen LogP contribution is -2.46. The quantitative estimate of drug-likeness (QED) is 0.712. The van der Waals surface area contributed by atoms with Gasteiger partial charge in [-0.1, -0.05) is 35.5 Å². The van der Waals surface area contributed by atoms with Gasteiger partial charge in [0.15, 0.2) is 5.76 Å². The molecule has 9 heteroatoms. The molecule has 2 aliphatic heterocycles. The van der Waals surface area contributed by atoms with E-state index in [1.807, 2.05) is 6.07 Å². The van der Waals surface area contributed by atoms with Crippen molar-refractivity contribution in [1.29, 1.82) is 0 Å². The number of benzene rings is 1. The van der Waals surface area contributed by atoms with E-state index in [0.29, 0.717) is 43.4 Å². The van der Waals surface area contributed by atoms with Crippen molar-refractivity contribution >= 4 is 15.9 Å². The molecule has 2 saturated heterocycles. The molecule has 174 valence electrons. The van der Waals surface area contributed by atoms with Crippen LogP contribution in [0.25, 0.3) is 0 Å². The zero-order chi connectivity index (χ0) is 22.9. The predicted molar refractivity (Wildman–Crippen MR) is 120 cm³/mol. The molecule has 1 aromatic carbocycles. The van der Waals surface area contributed by atoms with Crippen LogP contribution in [0, 0.1) is 19.8 Å². The van der Waals surface area contributed by atoms with Gasteiger partial charge in [-0.2, -0.15) is 4.31 Å². The molecule has 1 amide bonds. The zero-order valence-corrected chi connectivity index (χ0v) is 19.8. The topological polar surface area (TPSA) is 95.8 Å². The summed E-state index contributed by atoms with van der Waals surface area (Å²) in [7, 11) is -3.66. The molecule has 0 radical (unpaired) electrons. The van der Waals surface area contributed by atoms with Gasteiger partial charge in [-0.05, 0) is 45.6 Å². The fraction of sp³-hybridized carbons (Fsp3) is 0.565. The molecule has 2 aromatic rings. The van der Waals surface area contributed by atoms with Crippen molar-refractivity contribution in [3.63, 3.8) is 0 Å². The van der Waals surface area contributed by atoms with Gasteiger partial charge in [-0.3, -0.25) is 9.69 Å². The molecular formula is C23H32N4O4S. The second-order valence-corrected chi connectivity index (χ2v) is 10.8. The molecule has 0 saturated carbocycles. The summed E-state index contributed by atoms with van der Waals surface area (Å²) in [4.78, 5) is 15.4. The van der Waals surface area contributed by atoms with Gasteiger partial charge >= 0.3 is 0 Å². The van der Waals surface area contributed by atoms with Gasteiger partial charge < -0.3 is 9.84 Å². The molecule has 8 nitrogen and oxygen atoms in total. The lowest BCUT2D eigenvalue weighted by molar-refractivity contribution is -0.126. The van der Waals surface area contributed by atoms with Gasteiger partial charge in [0.1, 0.15) is 10.6 Å². The van der Waals surface area contributed by atoms with Crippen LogP contribution in [0.3, 0.4) is 0 Å². The number of piperidine rings is 1. The third kappa shape index (κ3) is 4.60. The molecule has 32 heavy (non-hydrogen) atoms. The first-order valence-electron chi connectivity index (χ1n) is 11.3. The van der Waals surface area contributed by atoms with Gasteiger partial charge in [-0.15, -0.1) is 0 Å². The normalized spacial score (nSPS) is 22.2. The molecule has 4 rings (SSSR count). The van der Waals surface area contributed by atoms with Crippen LogP contribution in [0.1, 0.15) is 49.2 Å². The Kier molecular flexibility index (Phi) is 6.69. The first-order chi connectivity index (χ1) is 15.3. The standard InChI is InChI=1S/C23H32N4O4S/c1-16-22(18(3)31-25-16)32(29,30)27-13-9-20(10-14-27)23(28)24-21-11-12-26(15-21)17(2)19-7-5-4-6-8-19/h4-8,17,20-21H,9-15H2,1-3H3,(H,24,28)/t17-,21+/m1/s1. The van der Waals surface area contributed by atoms with E-state index in [4.69, 9.17) is 4.52 Å². The number of aryl methyl sites for hydroxylation is 2. The Morgan fingerprint density at radius 3 is 2.44 bits per heavy atom. The highest BCUT2D eigenvalue weighted by Gasteiger charge is 2.36. The molecular weight excluding hydrogens is 428 g/mol. The van der Waals surface area contributed by atoms with Gasteiger partial charge in [0, 0.05) is 44.2 Å². The van der Waals surface area contributed by atoms with E-state index >= 15 is 0 Å². The van der Waals surface area contributed by atoms with Crippen LogP contribution in [-0.4, -0.2) is 60.9 Å². The molecule has 2 fully saturated rings. The van der Waals surface area contributed by atoms with Crippen LogP contribution in [0.15, 0.2) is 39.8 Å². The Morgan fingerprint density at radius 2 is 1.81 bits per heavy atom. The highest BCUT2D eigenvalue weighted by Crippen LogP contribution is 2.28. The molecule has 0 bridgehead atoms. The summed E-state index contributed by atoms with van der Waals surface area (Å²) in [5.41, 5.74) is 1.66. The van der Waals surface area contributed by atoms with Gasteiger partial charge in [0.25, 0.3) is 0 Å². The lowest BCUT2D eigenvalue weighted by atomic mass is 9.97. The van der Waals surface area contributed by atoms with E-state index in [-0.39, 0.29) is 22.8 Å². The van der Waals surface area contributed by atoms with Crippen LogP contribution in [-0.2, 0) is 14.8 Å². The van der Waals surface area contributed by atoms with Crippen LogP contribution in [0.4, 0.5) is 0 Å². The number of likely N-dealkylation sites (tertiary alicyclic amines) is 1. The SMILES string of the molecule is Cc1noc(C)c1S(=O)(=O)N1CCC(C(=O)N[C@H]2CCN([C@H](C)c3ccccc3)C2)CC1. The van der Waals surface area contributed by atoms with E-state index in [0.717, 1.165) is 19.5 Å². The molecule has 1 N–H and O–H groups in total. The Morgan fingerprint density at radius 1 is 1.12 bits per heavy atom. The first-order valence-corrected chi connectivity index (χ1v) is 12.7. The van der Waals surface area contributed by atoms with Gasteiger partial charge in [0.05, 0.1) is 0 Å². The number of rotatable bonds is 6. The molecule has 1 aromatic heterocycles. The number of carbonyl (C=O) groups is 1. The second kappa shape index (κ2) is 9.33. The monoisotopic (exact) mass is 460 g/mol. The summed E-state index contributed by atoms with van der Waals surface area (Å²) in [5, 5.41) is 6.98. The fourth-order valence-electron chi connectivity index (χ4n) is 4.85. The summed E-state index contributed by atoms with van der Waals surface area (Å²) in [6, 6.07) is 10.9. The van der Waals surface area contributed by atoms with Crippen molar-refractivity contribution < 1.29 is 17.7 Å². The number of nitrogens with zero attached hydrogens (tertiary/aromatic N) is 3. The summed E-state index contributed by atoms with van der Waals surface area (Å²) >= 11 is 0. The third-order valence-corrected chi connectivity index (χ3v) is 8.93. The second-order valence-electron chi connectivity index (χ2n) is 8.91. The van der Waals surface area contributed by atoms with E-state index in [9.17, 15) is 13.2 Å².